The van der Waals surface area contributed by atoms with Crippen LogP contribution in [0.2, 0.25) is 0 Å². The van der Waals surface area contributed by atoms with Gasteiger partial charge in [0.1, 0.15) is 5.76 Å². The molecule has 2 heteroatoms. The molecule has 0 aliphatic heterocycles. The van der Waals surface area contributed by atoms with E-state index in [0.29, 0.717) is 0 Å². The first-order valence-corrected chi connectivity index (χ1v) is 4.27. The number of hydrogen-bond donors (Lipinski definition) is 1. The summed E-state index contributed by atoms with van der Waals surface area (Å²) in [4.78, 5) is 0. The zero-order valence-corrected chi connectivity index (χ0v) is 7.42. The molecule has 0 fully saturated rings. The van der Waals surface area contributed by atoms with Crippen molar-refractivity contribution in [1.82, 2.24) is 5.32 Å². The highest BCUT2D eigenvalue weighted by Crippen LogP contribution is 2.13. The van der Waals surface area contributed by atoms with Gasteiger partial charge < -0.3 is 9.73 Å². The third kappa shape index (κ3) is 2.24. The van der Waals surface area contributed by atoms with Crippen molar-refractivity contribution < 1.29 is 4.42 Å². The average Bonchev–Trinajstić information content (AvgIpc) is 2.59. The van der Waals surface area contributed by atoms with Crippen LogP contribution in [0.25, 0.3) is 0 Å². The second-order valence-corrected chi connectivity index (χ2v) is 2.68. The maximum absolute atomic E-state index is 5.25. The summed E-state index contributed by atoms with van der Waals surface area (Å²) in [5, 5.41) is 3.31. The van der Waals surface area contributed by atoms with Crippen molar-refractivity contribution in [1.29, 1.82) is 0 Å². The van der Waals surface area contributed by atoms with E-state index in [4.69, 9.17) is 4.42 Å². The van der Waals surface area contributed by atoms with E-state index in [1.165, 1.54) is 0 Å². The van der Waals surface area contributed by atoms with E-state index in [2.05, 4.69) is 18.8 Å². The zero-order chi connectivity index (χ0) is 8.81. The average molecular weight is 165 g/mol. The molecule has 1 unspecified atom stereocenters. The molecule has 1 N–H and O–H groups in total. The summed E-state index contributed by atoms with van der Waals surface area (Å²) in [5.74, 6) is 0.929. The quantitative estimate of drug-likeness (QED) is 0.678. The molecule has 1 aromatic heterocycles. The first-order valence-electron chi connectivity index (χ1n) is 4.27. The van der Waals surface area contributed by atoms with E-state index in [9.17, 15) is 0 Å². The summed E-state index contributed by atoms with van der Waals surface area (Å²) in [6.45, 7) is 6.87. The predicted octanol–water partition coefficient (Wildman–Crippen LogP) is 2.51. The van der Waals surface area contributed by atoms with Crippen LogP contribution in [0.4, 0.5) is 0 Å². The molecule has 12 heavy (non-hydrogen) atoms. The summed E-state index contributed by atoms with van der Waals surface area (Å²) < 4.78 is 5.25. The maximum Gasteiger partial charge on any atom is 0.124 e. The minimum atomic E-state index is 0.153. The van der Waals surface area contributed by atoms with Gasteiger partial charge >= 0.3 is 0 Å². The van der Waals surface area contributed by atoms with E-state index in [-0.39, 0.29) is 6.04 Å². The molecule has 0 aliphatic carbocycles. The first-order chi connectivity index (χ1) is 5.88. The Labute approximate surface area is 73.3 Å². The van der Waals surface area contributed by atoms with E-state index in [1.54, 1.807) is 6.26 Å². The largest absolute Gasteiger partial charge is 0.467 e. The van der Waals surface area contributed by atoms with Crippen LogP contribution >= 0.6 is 0 Å². The fraction of sp³-hybridized carbons (Fsp3) is 0.400. The summed E-state index contributed by atoms with van der Waals surface area (Å²) in [5.41, 5.74) is 0. The Morgan fingerprint density at radius 1 is 1.75 bits per heavy atom. The van der Waals surface area contributed by atoms with Crippen molar-refractivity contribution >= 4 is 0 Å². The topological polar surface area (TPSA) is 25.2 Å². The lowest BCUT2D eigenvalue weighted by molar-refractivity contribution is 0.453. The van der Waals surface area contributed by atoms with Gasteiger partial charge in [-0.3, -0.25) is 0 Å². The molecule has 0 bridgehead atoms. The highest BCUT2D eigenvalue weighted by Gasteiger charge is 2.07. The third-order valence-electron chi connectivity index (χ3n) is 1.70. The Balaban J connectivity index is 2.51. The van der Waals surface area contributed by atoms with Gasteiger partial charge in [0.15, 0.2) is 0 Å². The fourth-order valence-corrected chi connectivity index (χ4v) is 1.07. The maximum atomic E-state index is 5.25. The second kappa shape index (κ2) is 4.78. The van der Waals surface area contributed by atoms with Gasteiger partial charge in [0, 0.05) is 0 Å². The van der Waals surface area contributed by atoms with Gasteiger partial charge in [-0.05, 0) is 25.1 Å². The number of nitrogens with one attached hydrogen (secondary N) is 1. The Hall–Kier alpha value is -1.02. The molecule has 1 atom stereocenters. The van der Waals surface area contributed by atoms with Crippen LogP contribution in [0.5, 0.6) is 0 Å². The molecule has 0 aromatic carbocycles. The smallest absolute Gasteiger partial charge is 0.124 e. The minimum absolute atomic E-state index is 0.153. The highest BCUT2D eigenvalue weighted by molar-refractivity contribution is 5.09. The van der Waals surface area contributed by atoms with Gasteiger partial charge in [-0.15, -0.1) is 6.58 Å². The fourth-order valence-electron chi connectivity index (χ4n) is 1.07. The predicted molar refractivity (Wildman–Crippen MR) is 49.9 cm³/mol. The van der Waals surface area contributed by atoms with E-state index in [1.807, 2.05) is 18.2 Å². The van der Waals surface area contributed by atoms with Crippen LogP contribution in [0.3, 0.4) is 0 Å². The van der Waals surface area contributed by atoms with Crippen LogP contribution < -0.4 is 5.32 Å². The summed E-state index contributed by atoms with van der Waals surface area (Å²) in [6, 6.07) is 3.99. The molecule has 66 valence electrons. The molecule has 0 saturated carbocycles. The Morgan fingerprint density at radius 3 is 3.08 bits per heavy atom. The van der Waals surface area contributed by atoms with Crippen LogP contribution in [0.1, 0.15) is 25.1 Å². The summed E-state index contributed by atoms with van der Waals surface area (Å²) >= 11 is 0. The minimum Gasteiger partial charge on any atom is -0.467 e. The van der Waals surface area contributed by atoms with E-state index >= 15 is 0 Å². The zero-order valence-electron chi connectivity index (χ0n) is 7.42. The van der Waals surface area contributed by atoms with Crippen molar-refractivity contribution in [2.45, 2.75) is 19.4 Å². The normalized spacial score (nSPS) is 12.8. The van der Waals surface area contributed by atoms with E-state index in [0.717, 1.165) is 18.7 Å². The van der Waals surface area contributed by atoms with Gasteiger partial charge in [-0.25, -0.2) is 0 Å². The SMILES string of the molecule is C=CC(NCCC)c1ccco1. The van der Waals surface area contributed by atoms with Crippen LogP contribution in [0.15, 0.2) is 35.5 Å². The number of hydrogen-bond acceptors (Lipinski definition) is 2. The van der Waals surface area contributed by atoms with Gasteiger partial charge in [-0.1, -0.05) is 13.0 Å². The standard InChI is InChI=1S/C10H15NO/c1-3-7-11-9(4-2)10-6-5-8-12-10/h4-6,8-9,11H,2-3,7H2,1H3. The molecule has 1 heterocycles. The molecule has 0 aliphatic rings. The first kappa shape index (κ1) is 9.07. The van der Waals surface area contributed by atoms with Crippen molar-refractivity contribution in [3.63, 3.8) is 0 Å². The van der Waals surface area contributed by atoms with Crippen LogP contribution in [-0.4, -0.2) is 6.54 Å². The Kier molecular flexibility index (Phi) is 3.61. The third-order valence-corrected chi connectivity index (χ3v) is 1.70. The summed E-state index contributed by atoms with van der Waals surface area (Å²) in [7, 11) is 0. The second-order valence-electron chi connectivity index (χ2n) is 2.68. The lowest BCUT2D eigenvalue weighted by atomic mass is 10.2. The molecular formula is C10H15NO. The summed E-state index contributed by atoms with van der Waals surface area (Å²) in [6.07, 6.45) is 4.65. The van der Waals surface area contributed by atoms with Crippen LogP contribution in [-0.2, 0) is 0 Å². The lowest BCUT2D eigenvalue weighted by Gasteiger charge is -2.10. The molecular weight excluding hydrogens is 150 g/mol. The van der Waals surface area contributed by atoms with Gasteiger partial charge in [0.2, 0.25) is 0 Å². The Morgan fingerprint density at radius 2 is 2.58 bits per heavy atom. The number of furan rings is 1. The molecule has 2 nitrogen and oxygen atoms in total. The van der Waals surface area contributed by atoms with Crippen LogP contribution in [0, 0.1) is 0 Å². The molecule has 0 radical (unpaired) electrons. The van der Waals surface area contributed by atoms with Crippen molar-refractivity contribution in [2.24, 2.45) is 0 Å². The monoisotopic (exact) mass is 165 g/mol. The van der Waals surface area contributed by atoms with Crippen molar-refractivity contribution in [3.8, 4) is 0 Å². The molecule has 0 amide bonds. The van der Waals surface area contributed by atoms with Crippen molar-refractivity contribution in [3.05, 3.63) is 36.8 Å². The molecule has 1 rings (SSSR count). The Bertz CT molecular complexity index is 216. The highest BCUT2D eigenvalue weighted by atomic mass is 16.3. The lowest BCUT2D eigenvalue weighted by Crippen LogP contribution is -2.19. The van der Waals surface area contributed by atoms with Crippen molar-refractivity contribution in [2.75, 3.05) is 6.54 Å². The van der Waals surface area contributed by atoms with Gasteiger partial charge in [-0.2, -0.15) is 0 Å². The molecule has 0 saturated heterocycles. The van der Waals surface area contributed by atoms with Gasteiger partial charge in [0.25, 0.3) is 0 Å². The molecule has 0 spiro atoms. The number of rotatable bonds is 5. The molecule has 1 aromatic rings. The van der Waals surface area contributed by atoms with Gasteiger partial charge in [0.05, 0.1) is 12.3 Å². The van der Waals surface area contributed by atoms with E-state index < -0.39 is 0 Å².